The predicted octanol–water partition coefficient (Wildman–Crippen LogP) is 2.42. The van der Waals surface area contributed by atoms with Crippen LogP contribution in [0.3, 0.4) is 0 Å². The number of carbonyl (C=O) groups excluding carboxylic acids is 2. The number of carbonyl (C=O) groups is 2. The summed E-state index contributed by atoms with van der Waals surface area (Å²) in [6, 6.07) is 5.52. The number of aryl methyl sites for hydroxylation is 3. The third kappa shape index (κ3) is 4.81. The van der Waals surface area contributed by atoms with Crippen molar-refractivity contribution in [2.24, 2.45) is 13.0 Å². The number of rotatable bonds is 7. The molecule has 1 fully saturated rings. The standard InChI is InChI=1S/C24H29N5O4/c1-15-13-17(7-8-19(15)33-3)22(31)16-9-11-29(12-10-16)21(30)6-4-5-20-26-23-18(24(32)27-20)14-25-28(23)2/h7-8,13-14,16H,4-6,9-12H2,1-3H3,(H,26,27,32). The van der Waals surface area contributed by atoms with Crippen molar-refractivity contribution < 1.29 is 14.3 Å². The SMILES string of the molecule is COc1ccc(C(=O)C2CCN(C(=O)CCCc3nc4c(cnn4C)c(=O)[nH]3)CC2)cc1C. The number of piperidine rings is 1. The number of benzene rings is 1. The number of aromatic nitrogens is 4. The van der Waals surface area contributed by atoms with Crippen molar-refractivity contribution in [2.45, 2.75) is 39.0 Å². The Kier molecular flexibility index (Phi) is 6.57. The van der Waals surface area contributed by atoms with Crippen LogP contribution >= 0.6 is 0 Å². The Morgan fingerprint density at radius 2 is 2.00 bits per heavy atom. The fourth-order valence-electron chi connectivity index (χ4n) is 4.42. The minimum atomic E-state index is -0.215. The lowest BCUT2D eigenvalue weighted by Gasteiger charge is -2.31. The molecule has 1 aliphatic rings. The molecule has 33 heavy (non-hydrogen) atoms. The molecule has 0 radical (unpaired) electrons. The number of methoxy groups -OCH3 is 1. The molecule has 9 heteroatoms. The van der Waals surface area contributed by atoms with Crippen LogP contribution in [0.2, 0.25) is 0 Å². The Hall–Kier alpha value is -3.49. The van der Waals surface area contributed by atoms with Crippen LogP contribution in [0, 0.1) is 12.8 Å². The van der Waals surface area contributed by atoms with Gasteiger partial charge in [-0.25, -0.2) is 4.98 Å². The van der Waals surface area contributed by atoms with Crippen LogP contribution in [0.4, 0.5) is 0 Å². The molecule has 1 amide bonds. The molecule has 4 rings (SSSR count). The molecule has 1 aromatic carbocycles. The Morgan fingerprint density at radius 1 is 1.24 bits per heavy atom. The van der Waals surface area contributed by atoms with E-state index in [1.807, 2.05) is 30.0 Å². The van der Waals surface area contributed by atoms with Crippen LogP contribution < -0.4 is 10.3 Å². The maximum Gasteiger partial charge on any atom is 0.262 e. The van der Waals surface area contributed by atoms with Gasteiger partial charge in [0, 0.05) is 44.5 Å². The van der Waals surface area contributed by atoms with Gasteiger partial charge in [-0.1, -0.05) is 0 Å². The van der Waals surface area contributed by atoms with Gasteiger partial charge < -0.3 is 14.6 Å². The van der Waals surface area contributed by atoms with Crippen molar-refractivity contribution >= 4 is 22.7 Å². The van der Waals surface area contributed by atoms with Gasteiger partial charge in [-0.05, 0) is 49.9 Å². The van der Waals surface area contributed by atoms with E-state index in [9.17, 15) is 14.4 Å². The van der Waals surface area contributed by atoms with Gasteiger partial charge in [0.25, 0.3) is 5.56 Å². The highest BCUT2D eigenvalue weighted by molar-refractivity contribution is 5.98. The number of H-pyrrole nitrogens is 1. The molecule has 0 spiro atoms. The van der Waals surface area contributed by atoms with Crippen LogP contribution in [-0.4, -0.2) is 56.5 Å². The number of aromatic amines is 1. The smallest absolute Gasteiger partial charge is 0.262 e. The zero-order valence-electron chi connectivity index (χ0n) is 19.3. The van der Waals surface area contributed by atoms with Gasteiger partial charge >= 0.3 is 0 Å². The highest BCUT2D eigenvalue weighted by Crippen LogP contribution is 2.25. The normalized spacial score (nSPS) is 14.6. The highest BCUT2D eigenvalue weighted by Gasteiger charge is 2.28. The Morgan fingerprint density at radius 3 is 2.70 bits per heavy atom. The Balaban J connectivity index is 1.27. The van der Waals surface area contributed by atoms with E-state index in [0.717, 1.165) is 11.3 Å². The van der Waals surface area contributed by atoms with Gasteiger partial charge in [-0.15, -0.1) is 0 Å². The zero-order valence-corrected chi connectivity index (χ0v) is 19.3. The maximum absolute atomic E-state index is 12.9. The topological polar surface area (TPSA) is 110 Å². The van der Waals surface area contributed by atoms with Crippen molar-refractivity contribution in [1.82, 2.24) is 24.6 Å². The van der Waals surface area contributed by atoms with E-state index in [1.165, 1.54) is 6.20 Å². The van der Waals surface area contributed by atoms with Crippen LogP contribution in [0.15, 0.2) is 29.2 Å². The number of amides is 1. The summed E-state index contributed by atoms with van der Waals surface area (Å²) in [4.78, 5) is 46.8. The monoisotopic (exact) mass is 451 g/mol. The molecule has 0 unspecified atom stereocenters. The van der Waals surface area contributed by atoms with Gasteiger partial charge in [0.05, 0.1) is 13.3 Å². The number of likely N-dealkylation sites (tertiary alicyclic amines) is 1. The summed E-state index contributed by atoms with van der Waals surface area (Å²) in [5.74, 6) is 1.47. The summed E-state index contributed by atoms with van der Waals surface area (Å²) < 4.78 is 6.84. The van der Waals surface area contributed by atoms with Crippen LogP contribution in [0.25, 0.3) is 11.0 Å². The van der Waals surface area contributed by atoms with E-state index in [0.29, 0.717) is 67.6 Å². The summed E-state index contributed by atoms with van der Waals surface area (Å²) in [6.07, 6.45) is 4.31. The first-order valence-electron chi connectivity index (χ1n) is 11.2. The lowest BCUT2D eigenvalue weighted by atomic mass is 9.88. The molecule has 2 aromatic heterocycles. The van der Waals surface area contributed by atoms with E-state index in [1.54, 1.807) is 18.8 Å². The maximum atomic E-state index is 12.9. The zero-order chi connectivity index (χ0) is 23.5. The van der Waals surface area contributed by atoms with E-state index in [4.69, 9.17) is 4.74 Å². The van der Waals surface area contributed by atoms with Crippen molar-refractivity contribution in [3.8, 4) is 5.75 Å². The predicted molar refractivity (Wildman–Crippen MR) is 123 cm³/mol. The molecule has 9 nitrogen and oxygen atoms in total. The number of nitrogens with zero attached hydrogens (tertiary/aromatic N) is 4. The van der Waals surface area contributed by atoms with Crippen molar-refractivity contribution in [3.05, 3.63) is 51.7 Å². The minimum Gasteiger partial charge on any atom is -0.496 e. The lowest BCUT2D eigenvalue weighted by Crippen LogP contribution is -2.40. The molecule has 174 valence electrons. The summed E-state index contributed by atoms with van der Waals surface area (Å²) in [5, 5.41) is 4.52. The van der Waals surface area contributed by atoms with Crippen molar-refractivity contribution in [3.63, 3.8) is 0 Å². The molecule has 1 saturated heterocycles. The first-order valence-corrected chi connectivity index (χ1v) is 11.2. The average molecular weight is 452 g/mol. The lowest BCUT2D eigenvalue weighted by molar-refractivity contribution is -0.132. The highest BCUT2D eigenvalue weighted by atomic mass is 16.5. The second kappa shape index (κ2) is 9.56. The van der Waals surface area contributed by atoms with Gasteiger partial charge in [0.1, 0.15) is 17.0 Å². The first kappa shape index (κ1) is 22.7. The summed E-state index contributed by atoms with van der Waals surface area (Å²) in [7, 11) is 3.36. The molecule has 1 N–H and O–H groups in total. The molecule has 3 aromatic rings. The average Bonchev–Trinajstić information content (AvgIpc) is 3.19. The van der Waals surface area contributed by atoms with Crippen LogP contribution in [0.5, 0.6) is 5.75 Å². The number of hydrogen-bond acceptors (Lipinski definition) is 6. The summed E-state index contributed by atoms with van der Waals surface area (Å²) >= 11 is 0. The van der Waals surface area contributed by atoms with Crippen LogP contribution in [0.1, 0.15) is 47.4 Å². The second-order valence-electron chi connectivity index (χ2n) is 8.58. The van der Waals surface area contributed by atoms with Gasteiger partial charge in [-0.3, -0.25) is 19.1 Å². The van der Waals surface area contributed by atoms with E-state index in [2.05, 4.69) is 15.1 Å². The Bertz CT molecular complexity index is 1240. The summed E-state index contributed by atoms with van der Waals surface area (Å²) in [6.45, 7) is 3.09. The quantitative estimate of drug-likeness (QED) is 0.553. The summed E-state index contributed by atoms with van der Waals surface area (Å²) in [5.41, 5.74) is 1.96. The number of fused-ring (bicyclic) bond motifs is 1. The third-order valence-corrected chi connectivity index (χ3v) is 6.35. The first-order chi connectivity index (χ1) is 15.9. The van der Waals surface area contributed by atoms with Crippen molar-refractivity contribution in [2.75, 3.05) is 20.2 Å². The number of Topliss-reactive ketones (excluding diaryl/α,β-unsaturated/α-hetero) is 1. The fourth-order valence-corrected chi connectivity index (χ4v) is 4.42. The van der Waals surface area contributed by atoms with E-state index >= 15 is 0 Å². The Labute approximate surface area is 191 Å². The van der Waals surface area contributed by atoms with Gasteiger partial charge in [0.2, 0.25) is 5.91 Å². The third-order valence-electron chi connectivity index (χ3n) is 6.35. The van der Waals surface area contributed by atoms with Crippen LogP contribution in [-0.2, 0) is 18.3 Å². The van der Waals surface area contributed by atoms with Gasteiger partial charge in [0.15, 0.2) is 11.4 Å². The number of ether oxygens (including phenoxy) is 1. The van der Waals surface area contributed by atoms with Gasteiger partial charge in [-0.2, -0.15) is 5.10 Å². The fraction of sp³-hybridized carbons (Fsp3) is 0.458. The molecule has 0 atom stereocenters. The molecular weight excluding hydrogens is 422 g/mol. The molecule has 0 saturated carbocycles. The largest absolute Gasteiger partial charge is 0.496 e. The molecule has 1 aliphatic heterocycles. The van der Waals surface area contributed by atoms with E-state index in [-0.39, 0.29) is 23.2 Å². The molecule has 3 heterocycles. The number of nitrogens with one attached hydrogen (secondary N) is 1. The number of ketones is 1. The van der Waals surface area contributed by atoms with E-state index < -0.39 is 0 Å². The number of hydrogen-bond donors (Lipinski definition) is 1. The molecule has 0 bridgehead atoms. The van der Waals surface area contributed by atoms with Crippen molar-refractivity contribution in [1.29, 1.82) is 0 Å². The molecular formula is C24H29N5O4. The minimum absolute atomic E-state index is 0.0678. The second-order valence-corrected chi connectivity index (χ2v) is 8.58. The molecule has 0 aliphatic carbocycles.